The Kier molecular flexibility index (Phi) is 15.7. The van der Waals surface area contributed by atoms with Gasteiger partial charge in [-0.2, -0.15) is 22.3 Å². The van der Waals surface area contributed by atoms with E-state index >= 15 is 0 Å². The van der Waals surface area contributed by atoms with E-state index in [4.69, 9.17) is 0 Å². The fourth-order valence-corrected chi connectivity index (χ4v) is 14.5. The molecule has 0 saturated carbocycles. The number of aryl methyl sites for hydroxylation is 6. The first-order valence-corrected chi connectivity index (χ1v) is 20.7. The van der Waals surface area contributed by atoms with Gasteiger partial charge in [-0.3, -0.25) is 0 Å². The van der Waals surface area contributed by atoms with Crippen LogP contribution in [0.2, 0.25) is 0 Å². The van der Waals surface area contributed by atoms with Gasteiger partial charge in [0.25, 0.3) is 0 Å². The SMILES string of the molecule is Cc1cc(C)cc(-c2cccc([Si](c3cccc(-c4cc(C)cc(C)c4)c3)(c3cccc(-c4cc(C)cc(C)c4)c3)[c-]3c(C)c(C)c(C)c3C)c2)c1.[Cl-].[Cl-].[Cl-].[Ti+4]. The zero-order valence-corrected chi connectivity index (χ0v) is 39.1. The number of rotatable bonds is 7. The van der Waals surface area contributed by atoms with E-state index < -0.39 is 8.07 Å². The standard InChI is InChI=1S/C51H51Si.3ClH.Ti/c1-32-20-33(2)24-45(23-32)42-14-11-17-48(29-42)52(51-40(9)38(7)39(8)41(51)10,49-18-12-15-43(30-49)46-25-34(3)21-35(4)26-46)50-19-13-16-44(31-50)47-27-36(5)22-37(6)28-47;;;;/h11-31H,1-10H3;3*1H;/q-1;;;;+4/p-3. The van der Waals surface area contributed by atoms with Gasteiger partial charge in [-0.25, -0.2) is 0 Å². The Morgan fingerprint density at radius 3 is 0.821 bits per heavy atom. The van der Waals surface area contributed by atoms with Gasteiger partial charge in [-0.1, -0.05) is 204 Å². The maximum atomic E-state index is 2.53. The van der Waals surface area contributed by atoms with E-state index in [9.17, 15) is 0 Å². The van der Waals surface area contributed by atoms with Gasteiger partial charge < -0.3 is 37.2 Å². The summed E-state index contributed by atoms with van der Waals surface area (Å²) in [5.74, 6) is 0. The molecule has 0 aliphatic carbocycles. The van der Waals surface area contributed by atoms with Crippen LogP contribution in [0.4, 0.5) is 0 Å². The van der Waals surface area contributed by atoms with Crippen LogP contribution in [0, 0.1) is 69.2 Å². The van der Waals surface area contributed by atoms with E-state index in [1.165, 1.54) is 110 Å². The van der Waals surface area contributed by atoms with Crippen LogP contribution in [0.15, 0.2) is 127 Å². The van der Waals surface area contributed by atoms with E-state index in [1.54, 1.807) is 0 Å². The van der Waals surface area contributed by atoms with Gasteiger partial charge in [0, 0.05) is 0 Å². The monoisotopic (exact) mass is 844 g/mol. The Hall–Kier alpha value is -3.53. The molecule has 0 radical (unpaired) electrons. The van der Waals surface area contributed by atoms with Crippen molar-refractivity contribution in [2.24, 2.45) is 0 Å². The number of halogens is 3. The average Bonchev–Trinajstić information content (AvgIpc) is 3.30. The van der Waals surface area contributed by atoms with Gasteiger partial charge in [0.1, 0.15) is 8.07 Å². The van der Waals surface area contributed by atoms with Crippen LogP contribution in [0.25, 0.3) is 33.4 Å². The molecule has 0 saturated heterocycles. The molecular formula is C51H51Cl3SiTi. The topological polar surface area (TPSA) is 0 Å². The van der Waals surface area contributed by atoms with Crippen LogP contribution in [0.1, 0.15) is 55.6 Å². The van der Waals surface area contributed by atoms with Crippen LogP contribution in [0.3, 0.4) is 0 Å². The van der Waals surface area contributed by atoms with Crippen molar-refractivity contribution < 1.29 is 58.9 Å². The molecule has 0 aromatic heterocycles. The predicted molar refractivity (Wildman–Crippen MR) is 229 cm³/mol. The minimum absolute atomic E-state index is 0. The van der Waals surface area contributed by atoms with Crippen molar-refractivity contribution in [1.29, 1.82) is 0 Å². The third kappa shape index (κ3) is 8.80. The molecule has 0 unspecified atom stereocenters. The Balaban J connectivity index is 0.00000210. The molecule has 284 valence electrons. The zero-order chi connectivity index (χ0) is 36.9. The fraction of sp³-hybridized carbons (Fsp3) is 0.196. The molecule has 56 heavy (non-hydrogen) atoms. The molecule has 7 aromatic carbocycles. The summed E-state index contributed by atoms with van der Waals surface area (Å²) in [5, 5.41) is 5.76. The predicted octanol–water partition coefficient (Wildman–Crippen LogP) is 1.88. The maximum Gasteiger partial charge on any atom is 4.00 e. The van der Waals surface area contributed by atoms with Crippen LogP contribution >= 0.6 is 0 Å². The van der Waals surface area contributed by atoms with E-state index in [0.717, 1.165) is 0 Å². The first-order chi connectivity index (χ1) is 24.8. The zero-order valence-electron chi connectivity index (χ0n) is 34.3. The van der Waals surface area contributed by atoms with Gasteiger partial charge in [-0.05, 0) is 74.9 Å². The summed E-state index contributed by atoms with van der Waals surface area (Å²) in [6.45, 7) is 22.6. The molecule has 0 atom stereocenters. The molecule has 0 nitrogen and oxygen atoms in total. The maximum absolute atomic E-state index is 2.97. The molecule has 0 N–H and O–H groups in total. The second kappa shape index (κ2) is 18.8. The van der Waals surface area contributed by atoms with Crippen molar-refractivity contribution in [2.45, 2.75) is 69.2 Å². The third-order valence-electron chi connectivity index (χ3n) is 11.4. The number of hydrogen-bond acceptors (Lipinski definition) is 0. The van der Waals surface area contributed by atoms with Crippen molar-refractivity contribution in [2.75, 3.05) is 0 Å². The van der Waals surface area contributed by atoms with E-state index in [0.29, 0.717) is 0 Å². The van der Waals surface area contributed by atoms with Crippen LogP contribution in [-0.4, -0.2) is 8.07 Å². The van der Waals surface area contributed by atoms with E-state index in [-0.39, 0.29) is 58.9 Å². The van der Waals surface area contributed by atoms with Gasteiger partial charge in [-0.15, -0.1) is 5.19 Å². The third-order valence-corrected chi connectivity index (χ3v) is 16.4. The molecular weight excluding hydrogens is 795 g/mol. The van der Waals surface area contributed by atoms with Gasteiger partial charge in [0.2, 0.25) is 0 Å². The Morgan fingerprint density at radius 1 is 0.321 bits per heavy atom. The summed E-state index contributed by atoms with van der Waals surface area (Å²) < 4.78 is 0. The summed E-state index contributed by atoms with van der Waals surface area (Å²) in [4.78, 5) is 0. The molecule has 0 fully saturated rings. The smallest absolute Gasteiger partial charge is 1.00 e. The second-order valence-corrected chi connectivity index (χ2v) is 19.2. The van der Waals surface area contributed by atoms with Crippen LogP contribution in [0.5, 0.6) is 0 Å². The fourth-order valence-electron chi connectivity index (χ4n) is 8.93. The largest absolute Gasteiger partial charge is 4.00 e. The molecule has 0 amide bonds. The second-order valence-electron chi connectivity index (χ2n) is 15.5. The van der Waals surface area contributed by atoms with Crippen molar-refractivity contribution in [3.8, 4) is 33.4 Å². The quantitative estimate of drug-likeness (QED) is 0.131. The minimum atomic E-state index is -2.97. The van der Waals surface area contributed by atoms with E-state index in [1.807, 2.05) is 0 Å². The first kappa shape index (κ1) is 46.9. The Labute approximate surface area is 370 Å². The molecule has 0 aliphatic rings. The average molecular weight is 846 g/mol. The van der Waals surface area contributed by atoms with Gasteiger partial charge in [0.15, 0.2) is 0 Å². The summed E-state index contributed by atoms with van der Waals surface area (Å²) in [7, 11) is -2.97. The summed E-state index contributed by atoms with van der Waals surface area (Å²) >= 11 is 0. The van der Waals surface area contributed by atoms with E-state index in [2.05, 4.69) is 197 Å². The minimum Gasteiger partial charge on any atom is -1.00 e. The molecule has 7 aromatic rings. The number of hydrogen-bond donors (Lipinski definition) is 0. The van der Waals surface area contributed by atoms with Gasteiger partial charge in [0.05, 0.1) is 0 Å². The first-order valence-electron chi connectivity index (χ1n) is 18.7. The molecule has 0 aliphatic heterocycles. The van der Waals surface area contributed by atoms with Crippen molar-refractivity contribution in [1.82, 2.24) is 0 Å². The van der Waals surface area contributed by atoms with Crippen molar-refractivity contribution in [3.05, 3.63) is 183 Å². The molecule has 5 heteroatoms. The Bertz CT molecular complexity index is 2180. The molecule has 7 rings (SSSR count). The summed E-state index contributed by atoms with van der Waals surface area (Å²) in [6.07, 6.45) is 0. The van der Waals surface area contributed by atoms with Gasteiger partial charge >= 0.3 is 21.7 Å². The summed E-state index contributed by atoms with van der Waals surface area (Å²) in [5.41, 5.74) is 21.1. The summed E-state index contributed by atoms with van der Waals surface area (Å²) in [6, 6.07) is 49.5. The van der Waals surface area contributed by atoms with Crippen molar-refractivity contribution >= 4 is 28.8 Å². The normalized spacial score (nSPS) is 10.8. The Morgan fingerprint density at radius 2 is 0.571 bits per heavy atom. The molecule has 0 heterocycles. The van der Waals surface area contributed by atoms with Crippen LogP contribution < -0.4 is 58.0 Å². The molecule has 0 bridgehead atoms. The number of benzene rings is 6. The van der Waals surface area contributed by atoms with Crippen LogP contribution in [-0.2, 0) is 21.7 Å². The van der Waals surface area contributed by atoms with Crippen molar-refractivity contribution in [3.63, 3.8) is 0 Å². The molecule has 0 spiro atoms.